The second-order valence-corrected chi connectivity index (χ2v) is 9.67. The van der Waals surface area contributed by atoms with E-state index in [1.807, 2.05) is 0 Å². The normalized spacial score (nSPS) is 11.3. The van der Waals surface area contributed by atoms with Crippen LogP contribution in [0.5, 0.6) is 0 Å². The summed E-state index contributed by atoms with van der Waals surface area (Å²) < 4.78 is 28.0. The second kappa shape index (κ2) is 13.7. The van der Waals surface area contributed by atoms with Crippen molar-refractivity contribution in [2.24, 2.45) is 5.92 Å². The number of nitrogens with one attached hydrogen (secondary N) is 2. The minimum atomic E-state index is -3.58. The van der Waals surface area contributed by atoms with E-state index in [1.54, 1.807) is 15.5 Å². The lowest BCUT2D eigenvalue weighted by Crippen LogP contribution is -2.32. The number of rotatable bonds is 13. The highest BCUT2D eigenvalue weighted by atomic mass is 33.1. The van der Waals surface area contributed by atoms with E-state index in [2.05, 4.69) is 19.2 Å². The molecule has 7 nitrogen and oxygen atoms in total. The van der Waals surface area contributed by atoms with Crippen molar-refractivity contribution in [3.05, 3.63) is 0 Å². The van der Waals surface area contributed by atoms with E-state index in [1.165, 1.54) is 10.8 Å². The van der Waals surface area contributed by atoms with Crippen LogP contribution in [0.4, 0.5) is 4.79 Å². The highest BCUT2D eigenvalue weighted by molar-refractivity contribution is 8.76. The third-order valence-corrected chi connectivity index (χ3v) is 5.79. The molecule has 0 aromatic heterocycles. The third-order valence-electron chi connectivity index (χ3n) is 2.88. The predicted molar refractivity (Wildman–Crippen MR) is 101 cm³/mol. The van der Waals surface area contributed by atoms with Crippen LogP contribution in [0, 0.1) is 5.92 Å². The molecule has 0 heterocycles. The SMILES string of the molecule is CCCC(CCC)C(=O)NCCSSCCOC(=O)NS(C)(=O)=O. The van der Waals surface area contributed by atoms with Gasteiger partial charge in [-0.1, -0.05) is 48.3 Å². The highest BCUT2D eigenvalue weighted by Crippen LogP contribution is 2.20. The zero-order chi connectivity index (χ0) is 18.4. The van der Waals surface area contributed by atoms with Gasteiger partial charge in [0.05, 0.1) is 6.26 Å². The zero-order valence-electron chi connectivity index (χ0n) is 14.5. The van der Waals surface area contributed by atoms with Crippen LogP contribution in [0.15, 0.2) is 0 Å². The van der Waals surface area contributed by atoms with E-state index in [9.17, 15) is 18.0 Å². The van der Waals surface area contributed by atoms with Gasteiger partial charge in [0, 0.05) is 24.0 Å². The van der Waals surface area contributed by atoms with Crippen molar-refractivity contribution in [2.45, 2.75) is 39.5 Å². The van der Waals surface area contributed by atoms with Gasteiger partial charge in [-0.25, -0.2) is 17.9 Å². The Bertz CT molecular complexity index is 465. The molecule has 0 unspecified atom stereocenters. The maximum atomic E-state index is 12.0. The summed E-state index contributed by atoms with van der Waals surface area (Å²) in [5.41, 5.74) is 0. The first-order valence-corrected chi connectivity index (χ1v) is 12.3. The molecule has 0 fully saturated rings. The van der Waals surface area contributed by atoms with Gasteiger partial charge < -0.3 is 10.1 Å². The first kappa shape index (κ1) is 23.4. The van der Waals surface area contributed by atoms with E-state index in [-0.39, 0.29) is 18.4 Å². The van der Waals surface area contributed by atoms with Crippen molar-refractivity contribution in [1.29, 1.82) is 0 Å². The lowest BCUT2D eigenvalue weighted by atomic mass is 9.97. The molecule has 2 N–H and O–H groups in total. The van der Waals surface area contributed by atoms with E-state index < -0.39 is 16.1 Å². The molecule has 142 valence electrons. The molecule has 0 aliphatic carbocycles. The van der Waals surface area contributed by atoms with Gasteiger partial charge in [0.2, 0.25) is 15.9 Å². The molecule has 0 aromatic rings. The molecule has 0 aromatic carbocycles. The monoisotopic (exact) mass is 400 g/mol. The molecular weight excluding hydrogens is 372 g/mol. The summed E-state index contributed by atoms with van der Waals surface area (Å²) in [4.78, 5) is 23.1. The Balaban J connectivity index is 3.63. The summed E-state index contributed by atoms with van der Waals surface area (Å²) in [7, 11) is -0.503. The standard InChI is InChI=1S/C14H28N2O5S3/c1-4-6-12(7-5-2)13(17)15-8-10-22-23-11-9-21-14(18)16-24(3,19)20/h12H,4-11H2,1-3H3,(H,15,17)(H,16,18). The summed E-state index contributed by atoms with van der Waals surface area (Å²) in [6, 6.07) is 0. The minimum absolute atomic E-state index is 0.111. The minimum Gasteiger partial charge on any atom is -0.448 e. The number of carbonyl (C=O) groups is 2. The Morgan fingerprint density at radius 2 is 1.67 bits per heavy atom. The molecule has 0 aliphatic rings. The number of hydrogen-bond donors (Lipinski definition) is 2. The molecule has 0 bridgehead atoms. The topological polar surface area (TPSA) is 102 Å². The Labute approximate surface area is 152 Å². The Morgan fingerprint density at radius 3 is 2.21 bits per heavy atom. The Morgan fingerprint density at radius 1 is 1.08 bits per heavy atom. The van der Waals surface area contributed by atoms with Crippen molar-refractivity contribution in [3.63, 3.8) is 0 Å². The molecule has 0 rings (SSSR count). The lowest BCUT2D eigenvalue weighted by Gasteiger charge is -2.14. The molecular formula is C14H28N2O5S3. The first-order valence-electron chi connectivity index (χ1n) is 7.96. The maximum Gasteiger partial charge on any atom is 0.420 e. The van der Waals surface area contributed by atoms with Gasteiger partial charge in [0.15, 0.2) is 0 Å². The highest BCUT2D eigenvalue weighted by Gasteiger charge is 2.15. The first-order chi connectivity index (χ1) is 11.3. The van der Waals surface area contributed by atoms with Gasteiger partial charge in [0.1, 0.15) is 6.61 Å². The third kappa shape index (κ3) is 13.8. The van der Waals surface area contributed by atoms with Crippen LogP contribution in [0.25, 0.3) is 0 Å². The molecule has 0 saturated heterocycles. The van der Waals surface area contributed by atoms with Crippen LogP contribution >= 0.6 is 21.6 Å². The summed E-state index contributed by atoms with van der Waals surface area (Å²) in [6.45, 7) is 4.90. The fourth-order valence-corrected chi connectivity index (χ4v) is 4.03. The molecule has 0 saturated carbocycles. The van der Waals surface area contributed by atoms with Crippen molar-refractivity contribution in [1.82, 2.24) is 10.0 Å². The number of carbonyl (C=O) groups excluding carboxylic acids is 2. The van der Waals surface area contributed by atoms with E-state index in [0.717, 1.165) is 37.7 Å². The van der Waals surface area contributed by atoms with E-state index >= 15 is 0 Å². The molecule has 2 amide bonds. The largest absolute Gasteiger partial charge is 0.448 e. The molecule has 24 heavy (non-hydrogen) atoms. The zero-order valence-corrected chi connectivity index (χ0v) is 16.9. The predicted octanol–water partition coefficient (Wildman–Crippen LogP) is 2.39. The van der Waals surface area contributed by atoms with Crippen LogP contribution in [0.3, 0.4) is 0 Å². The van der Waals surface area contributed by atoms with Gasteiger partial charge in [-0.2, -0.15) is 0 Å². The number of hydrogen-bond acceptors (Lipinski definition) is 7. The van der Waals surface area contributed by atoms with Crippen molar-refractivity contribution >= 4 is 43.6 Å². The summed E-state index contributed by atoms with van der Waals surface area (Å²) >= 11 is 0. The molecule has 0 atom stereocenters. The van der Waals surface area contributed by atoms with Gasteiger partial charge in [-0.15, -0.1) is 0 Å². The molecule has 0 radical (unpaired) electrons. The van der Waals surface area contributed by atoms with Gasteiger partial charge in [-0.3, -0.25) is 4.79 Å². The molecule has 0 aliphatic heterocycles. The van der Waals surface area contributed by atoms with Crippen LogP contribution in [0.1, 0.15) is 39.5 Å². The Hall–Kier alpha value is -0.610. The lowest BCUT2D eigenvalue weighted by molar-refractivity contribution is -0.125. The van der Waals surface area contributed by atoms with Crippen LogP contribution in [0.2, 0.25) is 0 Å². The molecule has 0 spiro atoms. The summed E-state index contributed by atoms with van der Waals surface area (Å²) in [5.74, 6) is 1.55. The number of sulfonamides is 1. The smallest absolute Gasteiger partial charge is 0.420 e. The molecule has 10 heteroatoms. The number of amides is 2. The summed E-state index contributed by atoms with van der Waals surface area (Å²) in [6.07, 6.45) is 3.79. The summed E-state index contributed by atoms with van der Waals surface area (Å²) in [5, 5.41) is 2.95. The van der Waals surface area contributed by atoms with Crippen molar-refractivity contribution in [2.75, 3.05) is 30.9 Å². The fraction of sp³-hybridized carbons (Fsp3) is 0.857. The quantitative estimate of drug-likeness (QED) is 0.361. The maximum absolute atomic E-state index is 12.0. The average Bonchev–Trinajstić information content (AvgIpc) is 2.47. The van der Waals surface area contributed by atoms with Crippen molar-refractivity contribution in [3.8, 4) is 0 Å². The fourth-order valence-electron chi connectivity index (χ4n) is 1.93. The Kier molecular flexibility index (Phi) is 13.3. The van der Waals surface area contributed by atoms with Crippen molar-refractivity contribution < 1.29 is 22.7 Å². The number of ether oxygens (including phenoxy) is 1. The average molecular weight is 401 g/mol. The van der Waals surface area contributed by atoms with E-state index in [0.29, 0.717) is 12.3 Å². The van der Waals surface area contributed by atoms with Gasteiger partial charge >= 0.3 is 6.09 Å². The van der Waals surface area contributed by atoms with Gasteiger partial charge in [0.25, 0.3) is 0 Å². The van der Waals surface area contributed by atoms with Crippen LogP contribution in [-0.4, -0.2) is 51.3 Å². The van der Waals surface area contributed by atoms with Crippen LogP contribution < -0.4 is 10.0 Å². The second-order valence-electron chi connectivity index (χ2n) is 5.22. The van der Waals surface area contributed by atoms with Crippen LogP contribution in [-0.2, 0) is 19.6 Å². The van der Waals surface area contributed by atoms with E-state index in [4.69, 9.17) is 4.74 Å². The van der Waals surface area contributed by atoms with Gasteiger partial charge in [-0.05, 0) is 12.8 Å².